The van der Waals surface area contributed by atoms with E-state index in [1.165, 1.54) is 10.2 Å². The lowest BCUT2D eigenvalue weighted by molar-refractivity contribution is 1.30. The third-order valence-corrected chi connectivity index (χ3v) is 4.10. The Balaban J connectivity index is 2.00. The van der Waals surface area contributed by atoms with Gasteiger partial charge in [0.25, 0.3) is 0 Å². The largest absolute Gasteiger partial charge is 0.290 e. The summed E-state index contributed by atoms with van der Waals surface area (Å²) in [6.45, 7) is 0. The van der Waals surface area contributed by atoms with Crippen molar-refractivity contribution >= 4 is 26.5 Å². The second kappa shape index (κ2) is 3.68. The van der Waals surface area contributed by atoms with Crippen LogP contribution in [-0.4, -0.2) is 9.38 Å². The number of fused-ring (bicyclic) bond motifs is 3. The maximum Gasteiger partial charge on any atom is 0.195 e. The number of hydrogen-bond acceptors (Lipinski definition) is 2. The van der Waals surface area contributed by atoms with E-state index in [2.05, 4.69) is 47.0 Å². The van der Waals surface area contributed by atoms with Gasteiger partial charge in [0.05, 0.1) is 15.9 Å². The van der Waals surface area contributed by atoms with Crippen LogP contribution in [0.5, 0.6) is 0 Å². The highest BCUT2D eigenvalue weighted by Crippen LogP contribution is 2.28. The van der Waals surface area contributed by atoms with E-state index in [4.69, 9.17) is 4.98 Å². The highest BCUT2D eigenvalue weighted by molar-refractivity contribution is 7.23. The Morgan fingerprint density at radius 1 is 0.889 bits per heavy atom. The van der Waals surface area contributed by atoms with Gasteiger partial charge in [0.2, 0.25) is 0 Å². The third-order valence-electron chi connectivity index (χ3n) is 3.07. The fraction of sp³-hybridized carbons (Fsp3) is 0. The third kappa shape index (κ3) is 1.38. The number of aromatic nitrogens is 2. The maximum atomic E-state index is 4.70. The van der Waals surface area contributed by atoms with Gasteiger partial charge in [-0.3, -0.25) is 4.40 Å². The predicted molar refractivity (Wildman–Crippen MR) is 76.0 cm³/mol. The summed E-state index contributed by atoms with van der Waals surface area (Å²) in [4.78, 5) is 5.75. The Morgan fingerprint density at radius 3 is 2.56 bits per heavy atom. The van der Waals surface area contributed by atoms with E-state index in [-0.39, 0.29) is 0 Å². The predicted octanol–water partition coefficient (Wildman–Crippen LogP) is 4.22. The number of imidazole rings is 1. The van der Waals surface area contributed by atoms with Crippen molar-refractivity contribution in [3.8, 4) is 11.3 Å². The normalized spacial score (nSPS) is 11.3. The van der Waals surface area contributed by atoms with Gasteiger partial charge >= 0.3 is 0 Å². The molecule has 0 bridgehead atoms. The molecular weight excluding hydrogens is 240 g/mol. The second-order valence-electron chi connectivity index (χ2n) is 4.21. The van der Waals surface area contributed by atoms with Gasteiger partial charge in [-0.1, -0.05) is 53.8 Å². The number of nitrogens with zero attached hydrogens (tertiary/aromatic N) is 2. The van der Waals surface area contributed by atoms with Crippen LogP contribution < -0.4 is 0 Å². The number of hydrogen-bond donors (Lipinski definition) is 0. The minimum atomic E-state index is 1.03. The number of benzene rings is 2. The van der Waals surface area contributed by atoms with Gasteiger partial charge in [0, 0.05) is 11.8 Å². The lowest BCUT2D eigenvalue weighted by Crippen LogP contribution is -1.76. The van der Waals surface area contributed by atoms with Crippen LogP contribution in [0.1, 0.15) is 0 Å². The molecule has 0 aliphatic carbocycles. The minimum Gasteiger partial charge on any atom is -0.290 e. The van der Waals surface area contributed by atoms with Crippen LogP contribution in [0.2, 0.25) is 0 Å². The van der Waals surface area contributed by atoms with Gasteiger partial charge in [-0.2, -0.15) is 0 Å². The van der Waals surface area contributed by atoms with Crippen LogP contribution in [0.25, 0.3) is 26.4 Å². The summed E-state index contributed by atoms with van der Waals surface area (Å²) in [6.07, 6.45) is 2.11. The van der Waals surface area contributed by atoms with Crippen LogP contribution in [0.4, 0.5) is 0 Å². The van der Waals surface area contributed by atoms with Crippen molar-refractivity contribution < 1.29 is 0 Å². The Bertz CT molecular complexity index is 827. The van der Waals surface area contributed by atoms with Crippen LogP contribution in [0.15, 0.2) is 60.8 Å². The molecule has 0 aliphatic rings. The summed E-state index contributed by atoms with van der Waals surface area (Å²) in [7, 11) is 0. The Morgan fingerprint density at radius 2 is 1.67 bits per heavy atom. The SMILES string of the molecule is c1ccc(-c2cn3c(n2)sc2ccccc23)cc1. The van der Waals surface area contributed by atoms with Gasteiger partial charge in [-0.25, -0.2) is 4.98 Å². The van der Waals surface area contributed by atoms with Crippen LogP contribution in [0.3, 0.4) is 0 Å². The van der Waals surface area contributed by atoms with Crippen molar-refractivity contribution in [1.82, 2.24) is 9.38 Å². The van der Waals surface area contributed by atoms with Crippen LogP contribution in [0, 0.1) is 0 Å². The van der Waals surface area contributed by atoms with Crippen molar-refractivity contribution in [3.05, 3.63) is 60.8 Å². The minimum absolute atomic E-state index is 1.03. The van der Waals surface area contributed by atoms with E-state index in [9.17, 15) is 0 Å². The van der Waals surface area contributed by atoms with Crippen molar-refractivity contribution in [3.63, 3.8) is 0 Å². The zero-order valence-corrected chi connectivity index (χ0v) is 10.4. The first-order valence-corrected chi connectivity index (χ1v) is 6.65. The van der Waals surface area contributed by atoms with E-state index in [1.54, 1.807) is 11.3 Å². The molecule has 0 spiro atoms. The Kier molecular flexibility index (Phi) is 2.02. The van der Waals surface area contributed by atoms with Gasteiger partial charge in [0.15, 0.2) is 4.96 Å². The molecular formula is C15H10N2S. The molecule has 2 aromatic heterocycles. The standard InChI is InChI=1S/C15H10N2S/c1-2-6-11(7-3-1)12-10-17-13-8-4-5-9-14(13)18-15(17)16-12/h1-10H. The molecule has 4 rings (SSSR count). The first-order chi connectivity index (χ1) is 8.92. The van der Waals surface area contributed by atoms with Crippen LogP contribution in [-0.2, 0) is 0 Å². The number of thiazole rings is 1. The lowest BCUT2D eigenvalue weighted by Gasteiger charge is -1.93. The van der Waals surface area contributed by atoms with E-state index >= 15 is 0 Å². The summed E-state index contributed by atoms with van der Waals surface area (Å²) in [6, 6.07) is 18.7. The zero-order valence-electron chi connectivity index (χ0n) is 9.58. The van der Waals surface area contributed by atoms with Crippen molar-refractivity contribution in [2.75, 3.05) is 0 Å². The van der Waals surface area contributed by atoms with E-state index in [0.717, 1.165) is 16.2 Å². The summed E-state index contributed by atoms with van der Waals surface area (Å²) >= 11 is 1.73. The average molecular weight is 250 g/mol. The maximum absolute atomic E-state index is 4.70. The van der Waals surface area contributed by atoms with Crippen molar-refractivity contribution in [2.24, 2.45) is 0 Å². The fourth-order valence-corrected chi connectivity index (χ4v) is 3.20. The molecule has 2 heterocycles. The smallest absolute Gasteiger partial charge is 0.195 e. The number of rotatable bonds is 1. The summed E-state index contributed by atoms with van der Waals surface area (Å²) in [5.41, 5.74) is 3.43. The van der Waals surface area contributed by atoms with Crippen molar-refractivity contribution in [2.45, 2.75) is 0 Å². The first kappa shape index (κ1) is 9.85. The zero-order chi connectivity index (χ0) is 11.9. The first-order valence-electron chi connectivity index (χ1n) is 5.84. The lowest BCUT2D eigenvalue weighted by atomic mass is 10.2. The van der Waals surface area contributed by atoms with Gasteiger partial charge in [-0.15, -0.1) is 0 Å². The fourth-order valence-electron chi connectivity index (χ4n) is 2.20. The molecule has 3 heteroatoms. The summed E-state index contributed by atoms with van der Waals surface area (Å²) < 4.78 is 3.45. The molecule has 0 fully saturated rings. The Labute approximate surface area is 108 Å². The molecule has 0 atom stereocenters. The molecule has 0 aliphatic heterocycles. The molecule has 0 unspecified atom stereocenters. The van der Waals surface area contributed by atoms with E-state index in [1.807, 2.05) is 18.2 Å². The molecule has 0 N–H and O–H groups in total. The highest BCUT2D eigenvalue weighted by Gasteiger charge is 2.08. The topological polar surface area (TPSA) is 17.3 Å². The van der Waals surface area contributed by atoms with Gasteiger partial charge < -0.3 is 0 Å². The van der Waals surface area contributed by atoms with Crippen molar-refractivity contribution in [1.29, 1.82) is 0 Å². The number of para-hydroxylation sites is 1. The monoisotopic (exact) mass is 250 g/mol. The van der Waals surface area contributed by atoms with E-state index in [0.29, 0.717) is 0 Å². The average Bonchev–Trinajstić information content (AvgIpc) is 2.97. The molecule has 18 heavy (non-hydrogen) atoms. The Hall–Kier alpha value is -2.13. The molecule has 86 valence electrons. The van der Waals surface area contributed by atoms with Gasteiger partial charge in [0.1, 0.15) is 0 Å². The molecule has 0 saturated heterocycles. The molecule has 2 nitrogen and oxygen atoms in total. The van der Waals surface area contributed by atoms with E-state index < -0.39 is 0 Å². The summed E-state index contributed by atoms with van der Waals surface area (Å²) in [5, 5.41) is 0. The molecule has 0 radical (unpaired) electrons. The molecule has 2 aromatic carbocycles. The van der Waals surface area contributed by atoms with Gasteiger partial charge in [-0.05, 0) is 12.1 Å². The van der Waals surface area contributed by atoms with Crippen LogP contribution >= 0.6 is 11.3 Å². The highest BCUT2D eigenvalue weighted by atomic mass is 32.1. The summed E-state index contributed by atoms with van der Waals surface area (Å²) in [5.74, 6) is 0. The molecule has 0 saturated carbocycles. The molecule has 0 amide bonds. The quantitative estimate of drug-likeness (QED) is 0.494. The molecule has 4 aromatic rings. The second-order valence-corrected chi connectivity index (χ2v) is 5.22.